The second-order valence-electron chi connectivity index (χ2n) is 14.5. The van der Waals surface area contributed by atoms with E-state index in [9.17, 15) is 9.59 Å². The van der Waals surface area contributed by atoms with Crippen molar-refractivity contribution >= 4 is 35.0 Å². The van der Waals surface area contributed by atoms with Crippen LogP contribution in [0.4, 0.5) is 0 Å². The highest BCUT2D eigenvalue weighted by atomic mass is 35.5. The fourth-order valence-electron chi connectivity index (χ4n) is 7.31. The maximum atomic E-state index is 13.9. The minimum Gasteiger partial charge on any atom is -0.489 e. The van der Waals surface area contributed by atoms with Crippen LogP contribution < -0.4 is 24.8 Å². The van der Waals surface area contributed by atoms with Crippen molar-refractivity contribution < 1.29 is 28.5 Å². The van der Waals surface area contributed by atoms with Crippen molar-refractivity contribution in [1.29, 1.82) is 0 Å². The summed E-state index contributed by atoms with van der Waals surface area (Å²) in [6, 6.07) is 26.6. The molecule has 0 radical (unpaired) electrons. The van der Waals surface area contributed by atoms with Gasteiger partial charge in [-0.05, 0) is 114 Å². The molecule has 0 saturated carbocycles. The molecule has 0 aliphatic carbocycles. The second-order valence-corrected chi connectivity index (χ2v) is 15.3. The van der Waals surface area contributed by atoms with Gasteiger partial charge in [-0.15, -0.1) is 0 Å². The highest BCUT2D eigenvalue weighted by Gasteiger charge is 2.38. The number of hydrogen-bond donors (Lipinski definition) is 2. The molecule has 0 saturated heterocycles. The maximum absolute atomic E-state index is 13.9. The van der Waals surface area contributed by atoms with E-state index in [1.165, 1.54) is 6.26 Å². The van der Waals surface area contributed by atoms with Gasteiger partial charge in [0.25, 0.3) is 5.91 Å². The first-order chi connectivity index (χ1) is 27.6. The van der Waals surface area contributed by atoms with Crippen molar-refractivity contribution in [2.24, 2.45) is 0 Å². The van der Waals surface area contributed by atoms with Gasteiger partial charge in [0, 0.05) is 31.4 Å². The van der Waals surface area contributed by atoms with Crippen LogP contribution in [0.3, 0.4) is 0 Å². The molecule has 3 atom stereocenters. The quantitative estimate of drug-likeness (QED) is 0.146. The topological polar surface area (TPSA) is 111 Å². The van der Waals surface area contributed by atoms with Crippen LogP contribution in [-0.2, 0) is 40.3 Å². The first-order valence-corrected chi connectivity index (χ1v) is 19.7. The molecule has 3 unspecified atom stereocenters. The van der Waals surface area contributed by atoms with Crippen LogP contribution in [-0.4, -0.2) is 47.1 Å². The van der Waals surface area contributed by atoms with E-state index in [0.717, 1.165) is 50.2 Å². The number of carbonyl (C=O) groups excluding carboxylic acids is 2. The molecule has 12 heteroatoms. The molecule has 4 heterocycles. The number of fused-ring (bicyclic) bond motifs is 2. The van der Waals surface area contributed by atoms with Gasteiger partial charge in [0.05, 0.1) is 10.0 Å². The van der Waals surface area contributed by atoms with E-state index in [0.29, 0.717) is 65.6 Å². The Kier molecular flexibility index (Phi) is 11.0. The van der Waals surface area contributed by atoms with E-state index < -0.39 is 6.04 Å². The van der Waals surface area contributed by atoms with E-state index in [-0.39, 0.29) is 30.7 Å². The molecule has 10 nitrogen and oxygen atoms in total. The van der Waals surface area contributed by atoms with E-state index >= 15 is 0 Å². The van der Waals surface area contributed by atoms with E-state index in [1.54, 1.807) is 17.0 Å². The highest BCUT2D eigenvalue weighted by Crippen LogP contribution is 2.41. The van der Waals surface area contributed by atoms with E-state index in [1.807, 2.05) is 68.6 Å². The Labute approximate surface area is 341 Å². The lowest BCUT2D eigenvalue weighted by molar-refractivity contribution is -0.139. The third-order valence-electron chi connectivity index (χ3n) is 10.7. The van der Waals surface area contributed by atoms with Crippen LogP contribution >= 0.6 is 23.2 Å². The number of pyridine rings is 1. The van der Waals surface area contributed by atoms with Crippen LogP contribution in [0.5, 0.6) is 17.2 Å². The zero-order valence-corrected chi connectivity index (χ0v) is 33.3. The van der Waals surface area contributed by atoms with Gasteiger partial charge in [-0.1, -0.05) is 65.7 Å². The van der Waals surface area contributed by atoms with E-state index in [4.69, 9.17) is 42.1 Å². The van der Waals surface area contributed by atoms with Crippen molar-refractivity contribution in [3.63, 3.8) is 0 Å². The molecule has 3 aliphatic rings. The first kappa shape index (κ1) is 38.2. The van der Waals surface area contributed by atoms with Gasteiger partial charge in [-0.3, -0.25) is 14.6 Å². The second kappa shape index (κ2) is 16.4. The molecule has 57 heavy (non-hydrogen) atoms. The molecule has 8 rings (SSSR count). The standard InChI is InChI=1S/C45H42Cl2N4O6/c1-26-27(2)48-17-15-36(26)31-7-4-29(5-8-31)14-16-49-44(52)40-19-33-20-41-42(21-34(33)22-51(40)45(53)39-24-54-28(3)50-39)57-43(25-56-41)32-9-11-35(12-10-32)55-23-30-6-13-37(46)38(47)18-30/h4-13,15,17-18,20-21,24,28,40,43,50H,14,16,19,22-23,25H2,1-3H3,(H,49,52). The summed E-state index contributed by atoms with van der Waals surface area (Å²) >= 11 is 12.2. The average Bonchev–Trinajstić information content (AvgIpc) is 3.67. The van der Waals surface area contributed by atoms with Crippen molar-refractivity contribution in [2.75, 3.05) is 13.2 Å². The molecular formula is C45H42Cl2N4O6. The van der Waals surface area contributed by atoms with Gasteiger partial charge in [0.2, 0.25) is 5.91 Å². The lowest BCUT2D eigenvalue weighted by Gasteiger charge is -2.37. The fraction of sp³-hybridized carbons (Fsp3) is 0.267. The van der Waals surface area contributed by atoms with Gasteiger partial charge >= 0.3 is 0 Å². The van der Waals surface area contributed by atoms with Gasteiger partial charge in [-0.25, -0.2) is 0 Å². The smallest absolute Gasteiger partial charge is 0.274 e. The van der Waals surface area contributed by atoms with Crippen molar-refractivity contribution in [1.82, 2.24) is 20.5 Å². The van der Waals surface area contributed by atoms with Gasteiger partial charge in [-0.2, -0.15) is 0 Å². The number of nitrogens with zero attached hydrogens (tertiary/aromatic N) is 2. The molecular weight excluding hydrogens is 763 g/mol. The Balaban J connectivity index is 0.934. The van der Waals surface area contributed by atoms with Gasteiger partial charge in [0.15, 0.2) is 23.8 Å². The zero-order valence-electron chi connectivity index (χ0n) is 31.8. The Morgan fingerprint density at radius 1 is 0.930 bits per heavy atom. The molecule has 2 N–H and O–H groups in total. The summed E-state index contributed by atoms with van der Waals surface area (Å²) in [6.45, 7) is 7.20. The number of benzene rings is 4. The molecule has 292 valence electrons. The molecule has 0 spiro atoms. The third-order valence-corrected chi connectivity index (χ3v) is 11.4. The molecule has 0 bridgehead atoms. The predicted octanol–water partition coefficient (Wildman–Crippen LogP) is 8.18. The normalized spacial score (nSPS) is 18.2. The predicted molar refractivity (Wildman–Crippen MR) is 218 cm³/mol. The number of halogens is 2. The summed E-state index contributed by atoms with van der Waals surface area (Å²) in [6.07, 6.45) is 3.52. The maximum Gasteiger partial charge on any atom is 0.274 e. The van der Waals surface area contributed by atoms with Gasteiger partial charge in [0.1, 0.15) is 37.0 Å². The van der Waals surface area contributed by atoms with Crippen molar-refractivity contribution in [2.45, 2.75) is 65.1 Å². The number of ether oxygens (including phenoxy) is 4. The number of aromatic nitrogens is 1. The van der Waals surface area contributed by atoms with Crippen LogP contribution in [0.25, 0.3) is 11.1 Å². The molecule has 1 aromatic heterocycles. The Bertz CT molecular complexity index is 2350. The Morgan fingerprint density at radius 3 is 2.46 bits per heavy atom. The first-order valence-electron chi connectivity index (χ1n) is 18.9. The summed E-state index contributed by atoms with van der Waals surface area (Å²) < 4.78 is 24.2. The number of nitrogens with one attached hydrogen (secondary N) is 2. The van der Waals surface area contributed by atoms with Crippen molar-refractivity contribution in [3.05, 3.63) is 152 Å². The summed E-state index contributed by atoms with van der Waals surface area (Å²) in [7, 11) is 0. The van der Waals surface area contributed by atoms with Crippen LogP contribution in [0.1, 0.15) is 52.1 Å². The highest BCUT2D eigenvalue weighted by molar-refractivity contribution is 6.42. The molecule has 0 fully saturated rings. The lowest BCUT2D eigenvalue weighted by atomic mass is 9.92. The lowest BCUT2D eigenvalue weighted by Crippen LogP contribution is -2.54. The van der Waals surface area contributed by atoms with Crippen LogP contribution in [0.15, 0.2) is 103 Å². The summed E-state index contributed by atoms with van der Waals surface area (Å²) in [5.41, 5.74) is 9.51. The SMILES string of the molecule is Cc1nccc(-c2ccc(CCNC(=O)C3Cc4cc5c(cc4CN3C(=O)C3=COC(C)N3)OC(c3ccc(OCc4ccc(Cl)c(Cl)c4)cc3)CO5)cc2)c1C. The van der Waals surface area contributed by atoms with E-state index in [2.05, 4.69) is 46.8 Å². The van der Waals surface area contributed by atoms with Gasteiger partial charge < -0.3 is 34.5 Å². The molecule has 4 aromatic carbocycles. The monoisotopic (exact) mass is 804 g/mol. The van der Waals surface area contributed by atoms with Crippen molar-refractivity contribution in [3.8, 4) is 28.4 Å². The van der Waals surface area contributed by atoms with Crippen LogP contribution in [0, 0.1) is 13.8 Å². The molecule has 2 amide bonds. The summed E-state index contributed by atoms with van der Waals surface area (Å²) in [4.78, 5) is 33.8. The Morgan fingerprint density at radius 2 is 1.70 bits per heavy atom. The number of rotatable bonds is 10. The summed E-state index contributed by atoms with van der Waals surface area (Å²) in [5, 5.41) is 7.16. The number of hydrogen-bond acceptors (Lipinski definition) is 8. The third kappa shape index (κ3) is 8.38. The molecule has 5 aromatic rings. The molecule has 3 aliphatic heterocycles. The number of carbonyl (C=O) groups is 2. The number of amides is 2. The largest absolute Gasteiger partial charge is 0.489 e. The fourth-order valence-corrected chi connectivity index (χ4v) is 7.63. The number of aryl methyl sites for hydroxylation is 1. The Hall–Kier alpha value is -5.71. The van der Waals surface area contributed by atoms with Crippen LogP contribution in [0.2, 0.25) is 10.0 Å². The average molecular weight is 806 g/mol. The zero-order chi connectivity index (χ0) is 39.6. The summed E-state index contributed by atoms with van der Waals surface area (Å²) in [5.74, 6) is 1.35. The minimum absolute atomic E-state index is 0.210. The minimum atomic E-state index is -0.739.